The smallest absolute Gasteiger partial charge is 0.251 e. The van der Waals surface area contributed by atoms with Gasteiger partial charge in [-0.2, -0.15) is 11.1 Å². The van der Waals surface area contributed by atoms with E-state index in [9.17, 15) is 14.7 Å². The van der Waals surface area contributed by atoms with E-state index >= 15 is 0 Å². The van der Waals surface area contributed by atoms with Gasteiger partial charge in [0.1, 0.15) is 35.9 Å². The molecular weight excluding hydrogens is 615 g/mol. The number of benzene rings is 1. The fourth-order valence-electron chi connectivity index (χ4n) is 3.72. The molecule has 1 aliphatic heterocycles. The topological polar surface area (TPSA) is 174 Å². The van der Waals surface area contributed by atoms with E-state index in [0.29, 0.717) is 30.8 Å². The summed E-state index contributed by atoms with van der Waals surface area (Å²) in [7, 11) is 4.93. The maximum absolute atomic E-state index is 12.1. The number of thiocyanates is 1. The van der Waals surface area contributed by atoms with Gasteiger partial charge in [-0.3, -0.25) is 9.59 Å². The molecule has 12 nitrogen and oxygen atoms in total. The predicted molar refractivity (Wildman–Crippen MR) is 169 cm³/mol. The first-order chi connectivity index (χ1) is 20.9. The molecule has 1 aromatic rings. The Labute approximate surface area is 265 Å². The van der Waals surface area contributed by atoms with Gasteiger partial charge in [0, 0.05) is 24.7 Å². The largest absolute Gasteiger partial charge is 0.490 e. The number of ether oxygens (including phenoxy) is 5. The number of nitrogens with two attached hydrogens (primary N) is 1. The molecule has 16 heteroatoms. The summed E-state index contributed by atoms with van der Waals surface area (Å²) in [6.07, 6.45) is 1.98. The van der Waals surface area contributed by atoms with Crippen LogP contribution in [0.4, 0.5) is 0 Å². The number of hydrogen-bond donors (Lipinski definition) is 4. The molecule has 2 amide bonds. The van der Waals surface area contributed by atoms with Gasteiger partial charge in [0.15, 0.2) is 5.44 Å². The van der Waals surface area contributed by atoms with Gasteiger partial charge in [0.25, 0.3) is 13.2 Å². The molecule has 0 aromatic heterocycles. The Morgan fingerprint density at radius 2 is 2.16 bits per heavy atom. The zero-order valence-electron chi connectivity index (χ0n) is 24.2. The van der Waals surface area contributed by atoms with E-state index in [1.807, 2.05) is 18.6 Å². The molecule has 5 N–H and O–H groups in total. The van der Waals surface area contributed by atoms with Crippen LogP contribution in [0.1, 0.15) is 23.7 Å². The highest BCUT2D eigenvalue weighted by Crippen LogP contribution is 2.30. The Balaban J connectivity index is 1.60. The van der Waals surface area contributed by atoms with E-state index in [1.165, 1.54) is 0 Å². The summed E-state index contributed by atoms with van der Waals surface area (Å²) < 4.78 is 28.4. The minimum absolute atomic E-state index is 0.0178. The normalized spacial score (nSPS) is 18.9. The number of aliphatic hydroxyl groups excluding tert-OH is 1. The Kier molecular flexibility index (Phi) is 19.3. The van der Waals surface area contributed by atoms with E-state index in [-0.39, 0.29) is 68.9 Å². The highest BCUT2D eigenvalue weighted by Gasteiger charge is 2.36. The van der Waals surface area contributed by atoms with Gasteiger partial charge < -0.3 is 45.2 Å². The third-order valence-corrected chi connectivity index (χ3v) is 8.22. The van der Waals surface area contributed by atoms with Crippen molar-refractivity contribution in [1.29, 1.82) is 5.26 Å². The van der Waals surface area contributed by atoms with Crippen molar-refractivity contribution in [3.63, 3.8) is 0 Å². The number of thioether (sulfide) groups is 1. The van der Waals surface area contributed by atoms with Crippen molar-refractivity contribution in [2.24, 2.45) is 5.73 Å². The number of rotatable bonds is 20. The molecule has 1 saturated heterocycles. The Bertz CT molecular complexity index is 1090. The lowest BCUT2D eigenvalue weighted by Crippen LogP contribution is -2.29. The van der Waals surface area contributed by atoms with E-state index in [2.05, 4.69) is 22.4 Å². The second kappa shape index (κ2) is 22.4. The molecule has 2 unspecified atom stereocenters. The molecule has 0 bridgehead atoms. The van der Waals surface area contributed by atoms with Crippen LogP contribution in [0.15, 0.2) is 24.3 Å². The first-order valence-electron chi connectivity index (χ1n) is 13.5. The van der Waals surface area contributed by atoms with Crippen LogP contribution in [0.5, 0.6) is 5.75 Å². The minimum atomic E-state index is -0.598. The lowest BCUT2D eigenvalue weighted by molar-refractivity contribution is -0.126. The molecule has 1 radical (unpaired) electrons. The van der Waals surface area contributed by atoms with Crippen molar-refractivity contribution in [3.8, 4) is 22.9 Å². The van der Waals surface area contributed by atoms with Crippen molar-refractivity contribution in [2.45, 2.75) is 42.4 Å². The zero-order chi connectivity index (χ0) is 31.3. The molecule has 1 heterocycles. The third-order valence-electron chi connectivity index (χ3n) is 5.61. The van der Waals surface area contributed by atoms with E-state index < -0.39 is 11.5 Å². The summed E-state index contributed by atoms with van der Waals surface area (Å²) in [6.45, 7) is 2.85. The van der Waals surface area contributed by atoms with Crippen LogP contribution in [0, 0.1) is 22.4 Å². The first-order valence-corrected chi connectivity index (χ1v) is 17.0. The van der Waals surface area contributed by atoms with Crippen LogP contribution in [0.3, 0.4) is 0 Å². The van der Waals surface area contributed by atoms with E-state index in [0.717, 1.165) is 11.8 Å². The maximum Gasteiger partial charge on any atom is 0.251 e. The summed E-state index contributed by atoms with van der Waals surface area (Å²) in [4.78, 5) is 24.1. The average Bonchev–Trinajstić information content (AvgIpc) is 3.39. The summed E-state index contributed by atoms with van der Waals surface area (Å²) in [6, 6.07) is 6.39. The van der Waals surface area contributed by atoms with Crippen molar-refractivity contribution in [2.75, 3.05) is 58.9 Å². The van der Waals surface area contributed by atoms with Gasteiger partial charge >= 0.3 is 0 Å². The van der Waals surface area contributed by atoms with E-state index in [4.69, 9.17) is 34.7 Å². The number of nitriles is 1. The van der Waals surface area contributed by atoms with Gasteiger partial charge in [-0.25, -0.2) is 0 Å². The maximum atomic E-state index is 12.1. The molecule has 235 valence electrons. The second-order valence-corrected chi connectivity index (χ2v) is 12.6. The average molecular weight is 654 g/mol. The van der Waals surface area contributed by atoms with Gasteiger partial charge in [-0.05, 0) is 49.6 Å². The number of hydrogen-bond acceptors (Lipinski definition) is 13. The number of aliphatic hydroxyl groups is 1. The fraction of sp³-hybridized carbons (Fsp3) is 0.593. The molecule has 43 heavy (non-hydrogen) atoms. The second-order valence-electron chi connectivity index (χ2n) is 8.85. The lowest BCUT2D eigenvalue weighted by atomic mass is 9.71. The zero-order valence-corrected chi connectivity index (χ0v) is 26.6. The van der Waals surface area contributed by atoms with Gasteiger partial charge in [0.2, 0.25) is 5.91 Å². The van der Waals surface area contributed by atoms with Crippen LogP contribution in [0.25, 0.3) is 0 Å². The standard InChI is InChI=1S/C27H38BN4O8S3/c1-19(43-41-2)39-22-14-24(40-23(22)15-33)28-7-4-9-31-25(34)16-36-11-12-37-26(42-18-30)17-38-21-6-3-5-20(13-21)27(35)32-10-8-29/h3,5-6,13,19,22-24,26,33H,8-12,14-17,29H2,1-2H3,(H,31,34)(H,32,35)/t19-,22-,23?,24-,26?/m1/s1. The van der Waals surface area contributed by atoms with Crippen molar-refractivity contribution in [3.05, 3.63) is 29.8 Å². The number of carbonyl (C=O) groups is 2. The van der Waals surface area contributed by atoms with E-state index in [1.54, 1.807) is 53.1 Å². The van der Waals surface area contributed by atoms with Gasteiger partial charge in [-0.1, -0.05) is 33.6 Å². The number of nitrogens with one attached hydrogen (secondary N) is 2. The van der Waals surface area contributed by atoms with Gasteiger partial charge in [-0.15, -0.1) is 0 Å². The molecule has 0 aliphatic carbocycles. The quantitative estimate of drug-likeness (QED) is 0.0392. The van der Waals surface area contributed by atoms with Crippen LogP contribution < -0.4 is 21.1 Å². The Morgan fingerprint density at radius 1 is 1.33 bits per heavy atom. The fourth-order valence-corrected chi connectivity index (χ4v) is 5.54. The number of amides is 2. The van der Waals surface area contributed by atoms with Crippen molar-refractivity contribution in [1.82, 2.24) is 10.6 Å². The first kappa shape index (κ1) is 37.1. The van der Waals surface area contributed by atoms with Crippen LogP contribution in [-0.2, 0) is 23.7 Å². The summed E-state index contributed by atoms with van der Waals surface area (Å²) in [5.41, 5.74) is 5.23. The molecule has 1 aliphatic rings. The molecular formula is C27H38BN4O8S3. The summed E-state index contributed by atoms with van der Waals surface area (Å²) >= 11 is 0.894. The van der Waals surface area contributed by atoms with Gasteiger partial charge in [0.05, 0.1) is 32.5 Å². The predicted octanol–water partition coefficient (Wildman–Crippen LogP) is 0.958. The Hall–Kier alpha value is -2.12. The number of carbonyl (C=O) groups excluding carboxylic acids is 2. The molecule has 0 spiro atoms. The Morgan fingerprint density at radius 3 is 2.91 bits per heavy atom. The van der Waals surface area contributed by atoms with Crippen LogP contribution in [-0.4, -0.2) is 112 Å². The molecule has 1 aromatic carbocycles. The van der Waals surface area contributed by atoms with Crippen LogP contribution in [0.2, 0.25) is 0 Å². The summed E-state index contributed by atoms with van der Waals surface area (Å²) in [5.74, 6) is 5.60. The van der Waals surface area contributed by atoms with Crippen molar-refractivity contribution < 1.29 is 38.4 Å². The molecule has 0 saturated carbocycles. The monoisotopic (exact) mass is 653 g/mol. The SMILES string of the molecule is CSS[C@H](C)O[C@@H]1C[C@H]([B]C#CCNC(=O)COCCOC(COc2cccc(C(=O)NCCN)c2)SC#N)OC1CO. The van der Waals surface area contributed by atoms with Crippen molar-refractivity contribution >= 4 is 52.4 Å². The highest BCUT2D eigenvalue weighted by molar-refractivity contribution is 8.76. The highest BCUT2D eigenvalue weighted by atomic mass is 33.1. The summed E-state index contributed by atoms with van der Waals surface area (Å²) in [5, 5.41) is 25.9. The number of nitrogens with zero attached hydrogens (tertiary/aromatic N) is 1. The minimum Gasteiger partial charge on any atom is -0.490 e. The molecule has 2 rings (SSSR count). The third kappa shape index (κ3) is 15.4. The van der Waals surface area contributed by atoms with Crippen LogP contribution >= 0.6 is 33.3 Å². The molecule has 1 fully saturated rings. The lowest BCUT2D eigenvalue weighted by Gasteiger charge is -2.20. The molecule has 5 atom stereocenters.